The van der Waals surface area contributed by atoms with Gasteiger partial charge in [-0.05, 0) is 59.2 Å². The van der Waals surface area contributed by atoms with Gasteiger partial charge in [-0.15, -0.1) is 0 Å². The third-order valence-electron chi connectivity index (χ3n) is 5.09. The number of hydrogen-bond acceptors (Lipinski definition) is 5. The topological polar surface area (TPSA) is 76.7 Å². The lowest BCUT2D eigenvalue weighted by Gasteiger charge is -2.17. The van der Waals surface area contributed by atoms with Crippen LogP contribution >= 0.6 is 12.2 Å². The normalized spacial score (nSPS) is 13.6. The average molecular weight is 433 g/mol. The summed E-state index contributed by atoms with van der Waals surface area (Å²) >= 11 is 4.81. The van der Waals surface area contributed by atoms with Crippen molar-refractivity contribution in [1.29, 1.82) is 0 Å². The highest BCUT2D eigenvalue weighted by molar-refractivity contribution is 7.80. The van der Waals surface area contributed by atoms with Gasteiger partial charge in [-0.25, -0.2) is 0 Å². The summed E-state index contributed by atoms with van der Waals surface area (Å²) in [5.41, 5.74) is 2.85. The zero-order valence-electron chi connectivity index (χ0n) is 17.0. The number of carbonyl (C=O) groups excluding carboxylic acids is 2. The average Bonchev–Trinajstić information content (AvgIpc) is 2.76. The molecule has 4 rings (SSSR count). The quantitative estimate of drug-likeness (QED) is 0.366. The van der Waals surface area contributed by atoms with Crippen molar-refractivity contribution in [3.05, 3.63) is 76.9 Å². The Morgan fingerprint density at radius 1 is 0.968 bits per heavy atom. The van der Waals surface area contributed by atoms with Gasteiger partial charge >= 0.3 is 0 Å². The highest BCUT2D eigenvalue weighted by atomic mass is 32.1. The molecule has 3 aromatic carbocycles. The van der Waals surface area contributed by atoms with Crippen LogP contribution in [-0.2, 0) is 16.2 Å². The molecule has 0 spiro atoms. The highest BCUT2D eigenvalue weighted by Crippen LogP contribution is 2.31. The van der Waals surface area contributed by atoms with Crippen LogP contribution in [0.3, 0.4) is 0 Å². The Labute approximate surface area is 184 Å². The van der Waals surface area contributed by atoms with E-state index in [1.165, 1.54) is 6.08 Å². The predicted octanol–water partition coefficient (Wildman–Crippen LogP) is 3.65. The molecule has 0 atom stereocenters. The number of hydrogen-bond donors (Lipinski definition) is 2. The standard InChI is InChI=1S/C24H20N2O4S/c1-14-7-9-16-5-3-4-6-17(16)19(14)13-30-20-10-8-15(12-21(20)29-2)11-18-22(27)25-24(31)26-23(18)28/h3-12H,13H2,1-2H3,(H2,25,26,27,28,31). The molecule has 0 unspecified atom stereocenters. The molecule has 0 bridgehead atoms. The van der Waals surface area contributed by atoms with Gasteiger partial charge in [-0.2, -0.15) is 0 Å². The number of aryl methyl sites for hydroxylation is 1. The van der Waals surface area contributed by atoms with Crippen LogP contribution in [0.1, 0.15) is 16.7 Å². The molecule has 0 aromatic heterocycles. The first kappa shape index (κ1) is 20.6. The number of rotatable bonds is 5. The minimum absolute atomic E-state index is 0.00259. The summed E-state index contributed by atoms with van der Waals surface area (Å²) < 4.78 is 11.6. The Morgan fingerprint density at radius 2 is 1.71 bits per heavy atom. The minimum Gasteiger partial charge on any atom is -0.493 e. The van der Waals surface area contributed by atoms with Crippen LogP contribution in [0, 0.1) is 6.92 Å². The number of methoxy groups -OCH3 is 1. The SMILES string of the molecule is COc1cc(C=C2C(=O)NC(=S)NC2=O)ccc1OCc1c(C)ccc2ccccc12. The van der Waals surface area contributed by atoms with E-state index in [2.05, 4.69) is 41.8 Å². The second-order valence-electron chi connectivity index (χ2n) is 7.08. The molecule has 1 heterocycles. The zero-order chi connectivity index (χ0) is 22.0. The molecule has 6 nitrogen and oxygen atoms in total. The van der Waals surface area contributed by atoms with Gasteiger partial charge in [0, 0.05) is 5.56 Å². The number of fused-ring (bicyclic) bond motifs is 1. The molecule has 0 aliphatic carbocycles. The van der Waals surface area contributed by atoms with Gasteiger partial charge in [0.2, 0.25) is 0 Å². The molecular formula is C24H20N2O4S. The van der Waals surface area contributed by atoms with Crippen molar-refractivity contribution in [1.82, 2.24) is 10.6 Å². The van der Waals surface area contributed by atoms with E-state index in [1.54, 1.807) is 25.3 Å². The fraction of sp³-hybridized carbons (Fsp3) is 0.125. The summed E-state index contributed by atoms with van der Waals surface area (Å²) in [6, 6.07) is 17.6. The van der Waals surface area contributed by atoms with E-state index in [9.17, 15) is 9.59 Å². The van der Waals surface area contributed by atoms with Crippen LogP contribution in [0.5, 0.6) is 11.5 Å². The van der Waals surface area contributed by atoms with Crippen molar-refractivity contribution in [3.63, 3.8) is 0 Å². The van der Waals surface area contributed by atoms with Gasteiger partial charge in [-0.1, -0.05) is 42.5 Å². The van der Waals surface area contributed by atoms with Gasteiger partial charge in [-0.3, -0.25) is 20.2 Å². The van der Waals surface area contributed by atoms with Crippen LogP contribution in [0.25, 0.3) is 16.8 Å². The fourth-order valence-corrected chi connectivity index (χ4v) is 3.64. The van der Waals surface area contributed by atoms with E-state index in [0.29, 0.717) is 23.7 Å². The van der Waals surface area contributed by atoms with Crippen LogP contribution in [0.2, 0.25) is 0 Å². The van der Waals surface area contributed by atoms with Crippen molar-refractivity contribution in [2.45, 2.75) is 13.5 Å². The Hall–Kier alpha value is -3.71. The molecule has 7 heteroatoms. The third-order valence-corrected chi connectivity index (χ3v) is 5.29. The monoisotopic (exact) mass is 432 g/mol. The molecule has 31 heavy (non-hydrogen) atoms. The number of thiocarbonyl (C=S) groups is 1. The van der Waals surface area contributed by atoms with Gasteiger partial charge < -0.3 is 9.47 Å². The summed E-state index contributed by atoms with van der Waals surface area (Å²) in [6.45, 7) is 2.44. The van der Waals surface area contributed by atoms with Crippen LogP contribution in [0.4, 0.5) is 0 Å². The largest absolute Gasteiger partial charge is 0.493 e. The lowest BCUT2D eigenvalue weighted by Crippen LogP contribution is -2.51. The molecule has 1 saturated heterocycles. The minimum atomic E-state index is -0.542. The van der Waals surface area contributed by atoms with E-state index in [1.807, 2.05) is 12.1 Å². The first-order chi connectivity index (χ1) is 15.0. The molecule has 0 saturated carbocycles. The van der Waals surface area contributed by atoms with Crippen molar-refractivity contribution in [3.8, 4) is 11.5 Å². The molecule has 3 aromatic rings. The third kappa shape index (κ3) is 4.27. The maximum atomic E-state index is 12.1. The smallest absolute Gasteiger partial charge is 0.263 e. The van der Waals surface area contributed by atoms with Gasteiger partial charge in [0.05, 0.1) is 7.11 Å². The van der Waals surface area contributed by atoms with E-state index >= 15 is 0 Å². The van der Waals surface area contributed by atoms with Crippen molar-refractivity contribution < 1.29 is 19.1 Å². The van der Waals surface area contributed by atoms with Gasteiger partial charge in [0.15, 0.2) is 16.6 Å². The second kappa shape index (κ2) is 8.57. The molecule has 0 radical (unpaired) electrons. The van der Waals surface area contributed by atoms with E-state index in [-0.39, 0.29) is 10.7 Å². The number of carbonyl (C=O) groups is 2. The fourth-order valence-electron chi connectivity index (χ4n) is 3.45. The molecule has 1 aliphatic rings. The van der Waals surface area contributed by atoms with Crippen LogP contribution in [0.15, 0.2) is 60.2 Å². The van der Waals surface area contributed by atoms with Gasteiger partial charge in [0.25, 0.3) is 11.8 Å². The van der Waals surface area contributed by atoms with E-state index in [4.69, 9.17) is 21.7 Å². The lowest BCUT2D eigenvalue weighted by atomic mass is 10.0. The predicted molar refractivity (Wildman–Crippen MR) is 123 cm³/mol. The Kier molecular flexibility index (Phi) is 5.68. The Balaban J connectivity index is 1.59. The molecule has 2 amide bonds. The number of nitrogens with one attached hydrogen (secondary N) is 2. The summed E-state index contributed by atoms with van der Waals surface area (Å²) in [6.07, 6.45) is 1.48. The number of benzene rings is 3. The van der Waals surface area contributed by atoms with Crippen LogP contribution in [-0.4, -0.2) is 24.0 Å². The zero-order valence-corrected chi connectivity index (χ0v) is 17.8. The maximum Gasteiger partial charge on any atom is 0.263 e. The summed E-state index contributed by atoms with van der Waals surface area (Å²) in [4.78, 5) is 24.1. The van der Waals surface area contributed by atoms with Crippen molar-refractivity contribution >= 4 is 46.0 Å². The van der Waals surface area contributed by atoms with Gasteiger partial charge in [0.1, 0.15) is 12.2 Å². The van der Waals surface area contributed by atoms with Crippen molar-refractivity contribution in [2.24, 2.45) is 0 Å². The summed E-state index contributed by atoms with van der Waals surface area (Å²) in [7, 11) is 1.54. The Morgan fingerprint density at radius 3 is 2.45 bits per heavy atom. The number of amides is 2. The van der Waals surface area contributed by atoms with Crippen LogP contribution < -0.4 is 20.1 Å². The first-order valence-electron chi connectivity index (χ1n) is 9.62. The second-order valence-corrected chi connectivity index (χ2v) is 7.48. The highest BCUT2D eigenvalue weighted by Gasteiger charge is 2.25. The summed E-state index contributed by atoms with van der Waals surface area (Å²) in [5.74, 6) is -0.0194. The molecule has 2 N–H and O–H groups in total. The number of ether oxygens (including phenoxy) is 2. The first-order valence-corrected chi connectivity index (χ1v) is 10.0. The molecule has 1 fully saturated rings. The molecule has 1 aliphatic heterocycles. The molecular weight excluding hydrogens is 412 g/mol. The summed E-state index contributed by atoms with van der Waals surface area (Å²) in [5, 5.41) is 7.13. The lowest BCUT2D eigenvalue weighted by molar-refractivity contribution is -0.123. The van der Waals surface area contributed by atoms with E-state index < -0.39 is 11.8 Å². The van der Waals surface area contributed by atoms with E-state index in [0.717, 1.165) is 21.9 Å². The molecule has 156 valence electrons. The van der Waals surface area contributed by atoms with Crippen molar-refractivity contribution in [2.75, 3.05) is 7.11 Å². The Bertz CT molecular complexity index is 1230. The maximum absolute atomic E-state index is 12.1.